The minimum atomic E-state index is -1.03. The minimum absolute atomic E-state index is 0.140. The van der Waals surface area contributed by atoms with E-state index >= 15 is 0 Å². The van der Waals surface area contributed by atoms with Gasteiger partial charge in [0.2, 0.25) is 5.88 Å². The standard InChI is InChI=1S/C17H21N5O3/c1-25-16-13(4-2-6-20-16)15(23)21-11-17(24)5-3-9-22(12-17)14-10-18-7-8-19-14/h2,4,6-8,10,24H,3,5,9,11-12H2,1H3,(H,21,23)/t17-/m1/s1. The number of piperidine rings is 1. The Labute approximate surface area is 145 Å². The van der Waals surface area contributed by atoms with Crippen LogP contribution in [0.4, 0.5) is 5.82 Å². The van der Waals surface area contributed by atoms with E-state index < -0.39 is 5.60 Å². The van der Waals surface area contributed by atoms with Crippen LogP contribution in [0.5, 0.6) is 5.88 Å². The van der Waals surface area contributed by atoms with Crippen LogP contribution in [0.15, 0.2) is 36.9 Å². The molecule has 1 saturated heterocycles. The monoisotopic (exact) mass is 343 g/mol. The number of nitrogens with one attached hydrogen (secondary N) is 1. The van der Waals surface area contributed by atoms with E-state index in [4.69, 9.17) is 4.74 Å². The van der Waals surface area contributed by atoms with Crippen LogP contribution in [0.25, 0.3) is 0 Å². The first kappa shape index (κ1) is 17.1. The van der Waals surface area contributed by atoms with Crippen molar-refractivity contribution in [3.05, 3.63) is 42.5 Å². The number of hydrogen-bond acceptors (Lipinski definition) is 7. The Kier molecular flexibility index (Phi) is 5.08. The predicted octanol–water partition coefficient (Wildman–Crippen LogP) is 0.641. The molecule has 1 atom stereocenters. The molecule has 0 spiro atoms. The van der Waals surface area contributed by atoms with Gasteiger partial charge in [-0.05, 0) is 25.0 Å². The molecule has 25 heavy (non-hydrogen) atoms. The number of amides is 1. The van der Waals surface area contributed by atoms with Gasteiger partial charge in [-0.25, -0.2) is 9.97 Å². The molecule has 132 valence electrons. The number of ether oxygens (including phenoxy) is 1. The van der Waals surface area contributed by atoms with Crippen LogP contribution in [0.3, 0.4) is 0 Å². The van der Waals surface area contributed by atoms with E-state index in [0.717, 1.165) is 18.8 Å². The van der Waals surface area contributed by atoms with Crippen molar-refractivity contribution < 1.29 is 14.6 Å². The number of nitrogens with zero attached hydrogens (tertiary/aromatic N) is 4. The summed E-state index contributed by atoms with van der Waals surface area (Å²) in [6, 6.07) is 3.31. The number of aliphatic hydroxyl groups is 1. The number of anilines is 1. The summed E-state index contributed by atoms with van der Waals surface area (Å²) < 4.78 is 5.10. The summed E-state index contributed by atoms with van der Waals surface area (Å²) in [5.41, 5.74) is -0.684. The molecule has 1 aliphatic rings. The van der Waals surface area contributed by atoms with E-state index in [1.807, 2.05) is 4.90 Å². The maximum Gasteiger partial charge on any atom is 0.256 e. The first-order valence-corrected chi connectivity index (χ1v) is 8.12. The Morgan fingerprint density at radius 2 is 2.28 bits per heavy atom. The van der Waals surface area contributed by atoms with E-state index in [-0.39, 0.29) is 18.3 Å². The summed E-state index contributed by atoms with van der Waals surface area (Å²) in [5.74, 6) is 0.660. The molecule has 8 nitrogen and oxygen atoms in total. The molecule has 2 aromatic heterocycles. The van der Waals surface area contributed by atoms with Crippen molar-refractivity contribution in [3.8, 4) is 5.88 Å². The lowest BCUT2D eigenvalue weighted by atomic mass is 9.92. The van der Waals surface area contributed by atoms with Crippen LogP contribution in [0.1, 0.15) is 23.2 Å². The molecule has 0 bridgehead atoms. The molecular weight excluding hydrogens is 322 g/mol. The molecule has 1 fully saturated rings. The highest BCUT2D eigenvalue weighted by atomic mass is 16.5. The molecule has 1 aliphatic heterocycles. The number of carbonyl (C=O) groups is 1. The fourth-order valence-electron chi connectivity index (χ4n) is 2.97. The van der Waals surface area contributed by atoms with Crippen LogP contribution < -0.4 is 15.0 Å². The fraction of sp³-hybridized carbons (Fsp3) is 0.412. The van der Waals surface area contributed by atoms with Crippen LogP contribution in [-0.2, 0) is 0 Å². The SMILES string of the molecule is COc1ncccc1C(=O)NC[C@]1(O)CCCN(c2cnccn2)C1. The van der Waals surface area contributed by atoms with Crippen molar-refractivity contribution in [2.45, 2.75) is 18.4 Å². The van der Waals surface area contributed by atoms with Gasteiger partial charge in [0.25, 0.3) is 5.91 Å². The molecular formula is C17H21N5O3. The summed E-state index contributed by atoms with van der Waals surface area (Å²) >= 11 is 0. The highest BCUT2D eigenvalue weighted by molar-refractivity contribution is 5.96. The molecule has 2 N–H and O–H groups in total. The number of β-amino-alcohol motifs (C(OH)–C–C–N with tert-alkyl or cyclic N) is 1. The zero-order chi connectivity index (χ0) is 17.7. The van der Waals surface area contributed by atoms with Gasteiger partial charge in [0.1, 0.15) is 11.4 Å². The number of methoxy groups -OCH3 is 1. The number of pyridine rings is 1. The van der Waals surface area contributed by atoms with Crippen molar-refractivity contribution in [2.75, 3.05) is 31.6 Å². The van der Waals surface area contributed by atoms with Gasteiger partial charge in [0.05, 0.1) is 18.9 Å². The summed E-state index contributed by atoms with van der Waals surface area (Å²) in [6.45, 7) is 1.32. The number of hydrogen-bond donors (Lipinski definition) is 2. The van der Waals surface area contributed by atoms with Gasteiger partial charge >= 0.3 is 0 Å². The Balaban J connectivity index is 1.64. The summed E-state index contributed by atoms with van der Waals surface area (Å²) in [4.78, 5) is 26.7. The molecule has 3 rings (SSSR count). The van der Waals surface area contributed by atoms with E-state index in [1.165, 1.54) is 7.11 Å². The number of carbonyl (C=O) groups excluding carboxylic acids is 1. The molecule has 0 aliphatic carbocycles. The van der Waals surface area contributed by atoms with Crippen LogP contribution in [0, 0.1) is 0 Å². The average molecular weight is 343 g/mol. The Bertz CT molecular complexity index is 727. The van der Waals surface area contributed by atoms with E-state index in [1.54, 1.807) is 36.9 Å². The first-order chi connectivity index (χ1) is 12.1. The zero-order valence-electron chi connectivity index (χ0n) is 14.1. The first-order valence-electron chi connectivity index (χ1n) is 8.12. The minimum Gasteiger partial charge on any atom is -0.480 e. The quantitative estimate of drug-likeness (QED) is 0.822. The van der Waals surface area contributed by atoms with E-state index in [0.29, 0.717) is 18.5 Å². The average Bonchev–Trinajstić information content (AvgIpc) is 2.67. The maximum atomic E-state index is 12.4. The number of aromatic nitrogens is 3. The highest BCUT2D eigenvalue weighted by Gasteiger charge is 2.34. The second-order valence-corrected chi connectivity index (χ2v) is 6.06. The third-order valence-electron chi connectivity index (χ3n) is 4.22. The second kappa shape index (κ2) is 7.43. The summed E-state index contributed by atoms with van der Waals surface area (Å²) in [7, 11) is 1.46. The van der Waals surface area contributed by atoms with Gasteiger partial charge in [-0.3, -0.25) is 9.78 Å². The van der Waals surface area contributed by atoms with Gasteiger partial charge in [0.15, 0.2) is 0 Å². The Morgan fingerprint density at radius 1 is 1.40 bits per heavy atom. The molecule has 1 amide bonds. The molecule has 0 aromatic carbocycles. The van der Waals surface area contributed by atoms with Crippen molar-refractivity contribution in [3.63, 3.8) is 0 Å². The van der Waals surface area contributed by atoms with Gasteiger partial charge < -0.3 is 20.1 Å². The Morgan fingerprint density at radius 3 is 3.04 bits per heavy atom. The lowest BCUT2D eigenvalue weighted by molar-refractivity contribution is 0.0254. The van der Waals surface area contributed by atoms with Gasteiger partial charge in [-0.15, -0.1) is 0 Å². The summed E-state index contributed by atoms with van der Waals surface area (Å²) in [6.07, 6.45) is 7.88. The molecule has 0 saturated carbocycles. The largest absolute Gasteiger partial charge is 0.480 e. The molecule has 2 aromatic rings. The normalized spacial score (nSPS) is 20.2. The number of rotatable bonds is 5. The van der Waals surface area contributed by atoms with Crippen molar-refractivity contribution in [1.29, 1.82) is 0 Å². The zero-order valence-corrected chi connectivity index (χ0v) is 14.1. The van der Waals surface area contributed by atoms with Crippen LogP contribution >= 0.6 is 0 Å². The van der Waals surface area contributed by atoms with E-state index in [9.17, 15) is 9.90 Å². The lowest BCUT2D eigenvalue weighted by Crippen LogP contribution is -2.54. The van der Waals surface area contributed by atoms with Gasteiger partial charge in [0, 0.05) is 38.2 Å². The molecule has 0 radical (unpaired) electrons. The van der Waals surface area contributed by atoms with Crippen molar-refractivity contribution in [1.82, 2.24) is 20.3 Å². The highest BCUT2D eigenvalue weighted by Crippen LogP contribution is 2.24. The predicted molar refractivity (Wildman–Crippen MR) is 91.6 cm³/mol. The maximum absolute atomic E-state index is 12.4. The van der Waals surface area contributed by atoms with Crippen molar-refractivity contribution in [2.24, 2.45) is 0 Å². The van der Waals surface area contributed by atoms with Crippen molar-refractivity contribution >= 4 is 11.7 Å². The topological polar surface area (TPSA) is 100 Å². The molecule has 3 heterocycles. The van der Waals surface area contributed by atoms with Gasteiger partial charge in [-0.2, -0.15) is 0 Å². The third kappa shape index (κ3) is 4.03. The summed E-state index contributed by atoms with van der Waals surface area (Å²) in [5, 5.41) is 13.7. The van der Waals surface area contributed by atoms with Gasteiger partial charge in [-0.1, -0.05) is 0 Å². The van der Waals surface area contributed by atoms with Crippen LogP contribution in [-0.4, -0.2) is 58.3 Å². The Hall–Kier alpha value is -2.74. The molecule has 0 unspecified atom stereocenters. The molecule has 8 heteroatoms. The smallest absolute Gasteiger partial charge is 0.256 e. The van der Waals surface area contributed by atoms with E-state index in [2.05, 4.69) is 20.3 Å². The third-order valence-corrected chi connectivity index (χ3v) is 4.22. The lowest BCUT2D eigenvalue weighted by Gasteiger charge is -2.39. The van der Waals surface area contributed by atoms with Crippen LogP contribution in [0.2, 0.25) is 0 Å². The second-order valence-electron chi connectivity index (χ2n) is 6.06. The fourth-order valence-corrected chi connectivity index (χ4v) is 2.97.